The van der Waals surface area contributed by atoms with Crippen LogP contribution in [0.25, 0.3) is 0 Å². The maximum absolute atomic E-state index is 13.3. The van der Waals surface area contributed by atoms with Crippen LogP contribution in [0.2, 0.25) is 0 Å². The number of carbonyl (C=O) groups is 3. The van der Waals surface area contributed by atoms with E-state index < -0.39 is 17.8 Å². The molecule has 1 aliphatic heterocycles. The molecule has 2 aliphatic rings. The van der Waals surface area contributed by atoms with Crippen molar-refractivity contribution in [1.82, 2.24) is 4.90 Å². The molecule has 0 unspecified atom stereocenters. The van der Waals surface area contributed by atoms with Gasteiger partial charge in [0.2, 0.25) is 5.91 Å². The van der Waals surface area contributed by atoms with Gasteiger partial charge in [0.05, 0.1) is 23.1 Å². The van der Waals surface area contributed by atoms with Gasteiger partial charge < -0.3 is 20.2 Å². The van der Waals surface area contributed by atoms with Crippen LogP contribution in [0.15, 0.2) is 48.5 Å². The minimum absolute atomic E-state index is 0.118. The molecular weight excluding hydrogens is 418 g/mol. The van der Waals surface area contributed by atoms with Crippen molar-refractivity contribution >= 4 is 29.2 Å². The Morgan fingerprint density at radius 2 is 1.52 bits per heavy atom. The summed E-state index contributed by atoms with van der Waals surface area (Å²) in [6.45, 7) is 4.74. The number of hydrogen-bond donors (Lipinski definition) is 2. The van der Waals surface area contributed by atoms with Crippen molar-refractivity contribution in [2.24, 2.45) is 11.8 Å². The van der Waals surface area contributed by atoms with Crippen LogP contribution >= 0.6 is 0 Å². The molecule has 2 atom stereocenters. The fourth-order valence-electron chi connectivity index (χ4n) is 4.84. The van der Waals surface area contributed by atoms with Gasteiger partial charge in [0.15, 0.2) is 0 Å². The average molecular weight is 450 g/mol. The van der Waals surface area contributed by atoms with E-state index >= 15 is 0 Å². The van der Waals surface area contributed by atoms with E-state index in [2.05, 4.69) is 41.4 Å². The Balaban J connectivity index is 1.43. The Morgan fingerprint density at radius 1 is 0.879 bits per heavy atom. The van der Waals surface area contributed by atoms with E-state index in [9.17, 15) is 19.5 Å². The first-order valence-corrected chi connectivity index (χ1v) is 11.7. The monoisotopic (exact) mass is 449 g/mol. The Morgan fingerprint density at radius 3 is 2.18 bits per heavy atom. The summed E-state index contributed by atoms with van der Waals surface area (Å²) < 4.78 is 0. The number of amides is 2. The Kier molecular flexibility index (Phi) is 6.96. The number of nitrogens with zero attached hydrogens (tertiary/aromatic N) is 2. The van der Waals surface area contributed by atoms with E-state index in [4.69, 9.17) is 0 Å². The van der Waals surface area contributed by atoms with Gasteiger partial charge in [-0.1, -0.05) is 42.7 Å². The summed E-state index contributed by atoms with van der Waals surface area (Å²) >= 11 is 0. The maximum atomic E-state index is 13.3. The molecule has 1 saturated heterocycles. The lowest BCUT2D eigenvalue weighted by Gasteiger charge is -2.36. The normalized spacial score (nSPS) is 20.9. The number of aliphatic carboxylic acids is 1. The summed E-state index contributed by atoms with van der Waals surface area (Å²) in [6.07, 6.45) is 2.73. The molecule has 7 heteroatoms. The largest absolute Gasteiger partial charge is 0.481 e. The molecule has 2 amide bonds. The number of carbonyl (C=O) groups excluding carboxylic acids is 2. The van der Waals surface area contributed by atoms with Gasteiger partial charge in [0.1, 0.15) is 0 Å². The molecule has 33 heavy (non-hydrogen) atoms. The molecule has 0 radical (unpaired) electrons. The predicted octanol–water partition coefficient (Wildman–Crippen LogP) is 3.79. The third kappa shape index (κ3) is 5.18. The van der Waals surface area contributed by atoms with E-state index in [0.29, 0.717) is 37.2 Å². The minimum Gasteiger partial charge on any atom is -0.481 e. The zero-order valence-corrected chi connectivity index (χ0v) is 19.0. The summed E-state index contributed by atoms with van der Waals surface area (Å²) in [5.74, 6) is -2.60. The van der Waals surface area contributed by atoms with E-state index in [1.165, 1.54) is 5.56 Å². The minimum atomic E-state index is -0.925. The molecule has 0 bridgehead atoms. The summed E-state index contributed by atoms with van der Waals surface area (Å²) in [6, 6.07) is 15.4. The number of carboxylic acids is 1. The van der Waals surface area contributed by atoms with Crippen molar-refractivity contribution in [3.8, 4) is 0 Å². The summed E-state index contributed by atoms with van der Waals surface area (Å²) in [5, 5.41) is 12.4. The zero-order valence-electron chi connectivity index (χ0n) is 19.0. The molecular formula is C26H31N3O4. The molecule has 2 fully saturated rings. The number of para-hydroxylation sites is 1. The van der Waals surface area contributed by atoms with Crippen LogP contribution in [-0.2, 0) is 9.59 Å². The average Bonchev–Trinajstić information content (AvgIpc) is 2.84. The van der Waals surface area contributed by atoms with Crippen LogP contribution in [0.4, 0.5) is 11.4 Å². The Hall–Kier alpha value is -3.35. The third-order valence-electron chi connectivity index (χ3n) is 6.80. The van der Waals surface area contributed by atoms with Crippen molar-refractivity contribution in [3.05, 3.63) is 59.7 Å². The molecule has 1 aliphatic carbocycles. The van der Waals surface area contributed by atoms with Crippen LogP contribution in [-0.4, -0.2) is 54.0 Å². The van der Waals surface area contributed by atoms with Crippen LogP contribution in [0.5, 0.6) is 0 Å². The van der Waals surface area contributed by atoms with Gasteiger partial charge in [0, 0.05) is 31.9 Å². The predicted molar refractivity (Wildman–Crippen MR) is 127 cm³/mol. The van der Waals surface area contributed by atoms with E-state index in [1.807, 2.05) is 4.90 Å². The number of rotatable bonds is 5. The van der Waals surface area contributed by atoms with Crippen LogP contribution in [0.1, 0.15) is 41.6 Å². The fraction of sp³-hybridized carbons (Fsp3) is 0.423. The first-order chi connectivity index (χ1) is 15.9. The van der Waals surface area contributed by atoms with E-state index in [1.54, 1.807) is 24.3 Å². The number of aryl methyl sites for hydroxylation is 1. The topological polar surface area (TPSA) is 90.0 Å². The molecule has 2 aromatic carbocycles. The van der Waals surface area contributed by atoms with Gasteiger partial charge in [-0.25, -0.2) is 0 Å². The summed E-state index contributed by atoms with van der Waals surface area (Å²) in [4.78, 5) is 41.9. The molecule has 174 valence electrons. The lowest BCUT2D eigenvalue weighted by atomic mass is 9.78. The van der Waals surface area contributed by atoms with Crippen LogP contribution < -0.4 is 10.2 Å². The second-order valence-electron chi connectivity index (χ2n) is 8.99. The smallest absolute Gasteiger partial charge is 0.307 e. The quantitative estimate of drug-likeness (QED) is 0.725. The lowest BCUT2D eigenvalue weighted by molar-refractivity contribution is -0.147. The lowest BCUT2D eigenvalue weighted by Crippen LogP contribution is -2.49. The van der Waals surface area contributed by atoms with Gasteiger partial charge >= 0.3 is 5.97 Å². The van der Waals surface area contributed by atoms with Crippen LogP contribution in [0, 0.1) is 18.8 Å². The van der Waals surface area contributed by atoms with Crippen molar-refractivity contribution in [2.45, 2.75) is 32.6 Å². The molecule has 7 nitrogen and oxygen atoms in total. The Bertz CT molecular complexity index is 1010. The van der Waals surface area contributed by atoms with Gasteiger partial charge in [-0.15, -0.1) is 0 Å². The molecule has 2 aromatic rings. The summed E-state index contributed by atoms with van der Waals surface area (Å²) in [7, 11) is 0. The standard InChI is InChI=1S/C26H31N3O4/c1-18-10-12-19(13-11-18)28-14-16-29(17-15-28)25(31)22-8-4-5-9-23(22)27-24(30)20-6-2-3-7-21(20)26(32)33/h4-5,8-13,20-21H,2-3,6-7,14-17H2,1H3,(H,27,30)(H,32,33)/t20-,21-/m1/s1. The second-order valence-corrected chi connectivity index (χ2v) is 8.99. The highest BCUT2D eigenvalue weighted by molar-refractivity contribution is 6.04. The van der Waals surface area contributed by atoms with Gasteiger partial charge in [0.25, 0.3) is 5.91 Å². The molecule has 4 rings (SSSR count). The maximum Gasteiger partial charge on any atom is 0.307 e. The molecule has 0 spiro atoms. The highest BCUT2D eigenvalue weighted by Crippen LogP contribution is 2.32. The van der Waals surface area contributed by atoms with Crippen molar-refractivity contribution in [3.63, 3.8) is 0 Å². The number of nitrogens with one attached hydrogen (secondary N) is 1. The number of hydrogen-bond acceptors (Lipinski definition) is 4. The molecule has 1 heterocycles. The van der Waals surface area contributed by atoms with E-state index in [-0.39, 0.29) is 11.8 Å². The number of carboxylic acid groups (broad SMARTS) is 1. The third-order valence-corrected chi connectivity index (χ3v) is 6.80. The Labute approximate surface area is 194 Å². The molecule has 2 N–H and O–H groups in total. The highest BCUT2D eigenvalue weighted by Gasteiger charge is 2.36. The number of anilines is 2. The molecule has 0 aromatic heterocycles. The number of piperazine rings is 1. The van der Waals surface area contributed by atoms with Gasteiger partial charge in [-0.2, -0.15) is 0 Å². The number of benzene rings is 2. The fourth-order valence-corrected chi connectivity index (χ4v) is 4.84. The first kappa shape index (κ1) is 22.8. The van der Waals surface area contributed by atoms with Crippen molar-refractivity contribution < 1.29 is 19.5 Å². The zero-order chi connectivity index (χ0) is 23.4. The summed E-state index contributed by atoms with van der Waals surface area (Å²) in [5.41, 5.74) is 3.26. The molecule has 1 saturated carbocycles. The SMILES string of the molecule is Cc1ccc(N2CCN(C(=O)c3ccccc3NC(=O)[C@@H]3CCCC[C@H]3C(=O)O)CC2)cc1. The second kappa shape index (κ2) is 10.1. The van der Waals surface area contributed by atoms with Crippen molar-refractivity contribution in [1.29, 1.82) is 0 Å². The van der Waals surface area contributed by atoms with Gasteiger partial charge in [-0.3, -0.25) is 14.4 Å². The van der Waals surface area contributed by atoms with E-state index in [0.717, 1.165) is 31.6 Å². The van der Waals surface area contributed by atoms with Crippen LogP contribution in [0.3, 0.4) is 0 Å². The van der Waals surface area contributed by atoms with Gasteiger partial charge in [-0.05, 0) is 44.0 Å². The first-order valence-electron chi connectivity index (χ1n) is 11.7. The van der Waals surface area contributed by atoms with Crippen molar-refractivity contribution in [2.75, 3.05) is 36.4 Å². The highest BCUT2D eigenvalue weighted by atomic mass is 16.4.